The fraction of sp³-hybridized carbons (Fsp3) is 1.00. The monoisotopic (exact) mass is 206 g/mol. The van der Waals surface area contributed by atoms with Crippen LogP contribution in [0.5, 0.6) is 0 Å². The van der Waals surface area contributed by atoms with Gasteiger partial charge in [-0.25, -0.2) is 5.43 Å². The molecule has 0 amide bonds. The summed E-state index contributed by atoms with van der Waals surface area (Å²) in [5, 5.41) is 0. The lowest BCUT2D eigenvalue weighted by Crippen LogP contribution is -2.53. The van der Waals surface area contributed by atoms with Gasteiger partial charge in [-0.05, 0) is 5.41 Å². The molecule has 0 saturated carbocycles. The molecule has 76 valence electrons. The van der Waals surface area contributed by atoms with Crippen molar-refractivity contribution >= 4 is 12.4 Å². The number of nitrogens with one attached hydrogen (secondary N) is 1. The Labute approximate surface area is 76.1 Å². The normalized spacial score (nSPS) is 15.2. The van der Waals surface area contributed by atoms with Crippen molar-refractivity contribution in [3.63, 3.8) is 0 Å². The number of alkyl halides is 3. The van der Waals surface area contributed by atoms with Crippen LogP contribution in [0.3, 0.4) is 0 Å². The molecule has 0 spiro atoms. The zero-order valence-corrected chi connectivity index (χ0v) is 8.01. The lowest BCUT2D eigenvalue weighted by atomic mass is 9.87. The van der Waals surface area contributed by atoms with Crippen LogP contribution in [0.15, 0.2) is 0 Å². The predicted molar refractivity (Wildman–Crippen MR) is 43.9 cm³/mol. The van der Waals surface area contributed by atoms with Crippen molar-refractivity contribution in [1.29, 1.82) is 0 Å². The van der Waals surface area contributed by atoms with Crippen LogP contribution in [0.2, 0.25) is 0 Å². The molecule has 0 aromatic carbocycles. The first-order valence-corrected chi connectivity index (χ1v) is 3.22. The zero-order valence-electron chi connectivity index (χ0n) is 7.20. The Balaban J connectivity index is 0. The van der Waals surface area contributed by atoms with Crippen molar-refractivity contribution in [2.45, 2.75) is 33.0 Å². The Bertz CT molecular complexity index is 116. The molecule has 2 nitrogen and oxygen atoms in total. The highest BCUT2D eigenvalue weighted by Crippen LogP contribution is 2.32. The Morgan fingerprint density at radius 3 is 1.50 bits per heavy atom. The van der Waals surface area contributed by atoms with Crippen LogP contribution in [0.4, 0.5) is 13.2 Å². The summed E-state index contributed by atoms with van der Waals surface area (Å²) >= 11 is 0. The van der Waals surface area contributed by atoms with E-state index < -0.39 is 17.6 Å². The van der Waals surface area contributed by atoms with E-state index in [9.17, 15) is 13.2 Å². The maximum Gasteiger partial charge on any atom is 0.405 e. The molecular weight excluding hydrogens is 193 g/mol. The number of hydrogen-bond donors (Lipinski definition) is 2. The van der Waals surface area contributed by atoms with Crippen LogP contribution < -0.4 is 11.3 Å². The van der Waals surface area contributed by atoms with Gasteiger partial charge in [0.1, 0.15) is 6.04 Å². The minimum Gasteiger partial charge on any atom is -0.271 e. The molecule has 0 aliphatic rings. The molecule has 0 fully saturated rings. The molecule has 1 unspecified atom stereocenters. The third kappa shape index (κ3) is 4.13. The Kier molecular flexibility index (Phi) is 5.20. The van der Waals surface area contributed by atoms with Crippen LogP contribution in [-0.2, 0) is 0 Å². The van der Waals surface area contributed by atoms with Gasteiger partial charge in [-0.15, -0.1) is 12.4 Å². The lowest BCUT2D eigenvalue weighted by Gasteiger charge is -2.31. The van der Waals surface area contributed by atoms with E-state index in [0.29, 0.717) is 0 Å². The van der Waals surface area contributed by atoms with Gasteiger partial charge in [0.2, 0.25) is 0 Å². The first-order chi connectivity index (χ1) is 4.69. The predicted octanol–water partition coefficient (Wildman–Crippen LogP) is 1.85. The van der Waals surface area contributed by atoms with E-state index in [1.807, 2.05) is 0 Å². The molecule has 3 N–H and O–H groups in total. The maximum absolute atomic E-state index is 12.1. The quantitative estimate of drug-likeness (QED) is 0.508. The summed E-state index contributed by atoms with van der Waals surface area (Å²) in [6.07, 6.45) is -4.28. The number of halogens is 4. The van der Waals surface area contributed by atoms with E-state index in [2.05, 4.69) is 0 Å². The zero-order chi connectivity index (χ0) is 9.28. The molecular formula is C6H14ClF3N2. The fourth-order valence-electron chi connectivity index (χ4n) is 0.835. The molecule has 0 heterocycles. The second-order valence-electron chi connectivity index (χ2n) is 3.51. The van der Waals surface area contributed by atoms with Crippen molar-refractivity contribution in [3.8, 4) is 0 Å². The Hall–Kier alpha value is -0.0000000000000000555. The average Bonchev–Trinajstić information content (AvgIpc) is 1.56. The van der Waals surface area contributed by atoms with Gasteiger partial charge in [0.25, 0.3) is 0 Å². The first kappa shape index (κ1) is 14.5. The lowest BCUT2D eigenvalue weighted by molar-refractivity contribution is -0.177. The average molecular weight is 207 g/mol. The highest BCUT2D eigenvalue weighted by atomic mass is 35.5. The summed E-state index contributed by atoms with van der Waals surface area (Å²) in [4.78, 5) is 0. The van der Waals surface area contributed by atoms with E-state index in [1.165, 1.54) is 20.8 Å². The molecule has 0 aliphatic heterocycles. The summed E-state index contributed by atoms with van der Waals surface area (Å²) in [6.45, 7) is 4.43. The van der Waals surface area contributed by atoms with Crippen LogP contribution in [-0.4, -0.2) is 12.2 Å². The van der Waals surface area contributed by atoms with E-state index >= 15 is 0 Å². The van der Waals surface area contributed by atoms with Gasteiger partial charge in [0.05, 0.1) is 0 Å². The highest BCUT2D eigenvalue weighted by Gasteiger charge is 2.46. The second-order valence-corrected chi connectivity index (χ2v) is 3.51. The summed E-state index contributed by atoms with van der Waals surface area (Å²) in [5.74, 6) is 4.78. The molecule has 0 aromatic heterocycles. The summed E-state index contributed by atoms with van der Waals surface area (Å²) in [6, 6.07) is -1.66. The molecule has 0 aromatic rings. The minimum atomic E-state index is -4.28. The topological polar surface area (TPSA) is 38.0 Å². The molecule has 6 heteroatoms. The van der Waals surface area contributed by atoms with Crippen molar-refractivity contribution in [3.05, 3.63) is 0 Å². The van der Waals surface area contributed by atoms with Crippen LogP contribution >= 0.6 is 12.4 Å². The van der Waals surface area contributed by atoms with Crippen molar-refractivity contribution in [2.75, 3.05) is 0 Å². The van der Waals surface area contributed by atoms with E-state index in [4.69, 9.17) is 5.84 Å². The molecule has 12 heavy (non-hydrogen) atoms. The van der Waals surface area contributed by atoms with Crippen molar-refractivity contribution < 1.29 is 13.2 Å². The fourth-order valence-corrected chi connectivity index (χ4v) is 0.835. The SMILES string of the molecule is CC(C)(C)C(NN)C(F)(F)F.Cl. The van der Waals surface area contributed by atoms with Crippen LogP contribution in [0.25, 0.3) is 0 Å². The van der Waals surface area contributed by atoms with Gasteiger partial charge in [0.15, 0.2) is 0 Å². The van der Waals surface area contributed by atoms with E-state index in [0.717, 1.165) is 0 Å². The van der Waals surface area contributed by atoms with Gasteiger partial charge in [-0.1, -0.05) is 20.8 Å². The molecule has 0 aliphatic carbocycles. The third-order valence-electron chi connectivity index (χ3n) is 1.36. The van der Waals surface area contributed by atoms with E-state index in [1.54, 1.807) is 5.43 Å². The smallest absolute Gasteiger partial charge is 0.271 e. The van der Waals surface area contributed by atoms with Gasteiger partial charge in [0, 0.05) is 0 Å². The van der Waals surface area contributed by atoms with Crippen LogP contribution in [0.1, 0.15) is 20.8 Å². The summed E-state index contributed by atoms with van der Waals surface area (Å²) < 4.78 is 36.2. The Morgan fingerprint density at radius 2 is 1.50 bits per heavy atom. The van der Waals surface area contributed by atoms with Crippen molar-refractivity contribution in [1.82, 2.24) is 5.43 Å². The molecule has 0 rings (SSSR count). The summed E-state index contributed by atoms with van der Waals surface area (Å²) in [7, 11) is 0. The minimum absolute atomic E-state index is 0. The standard InChI is InChI=1S/C6H13F3N2.ClH/c1-5(2,3)4(11-10)6(7,8)9;/h4,11H,10H2,1-3H3;1H. The molecule has 0 saturated heterocycles. The number of rotatable bonds is 1. The molecule has 0 radical (unpaired) electrons. The van der Waals surface area contributed by atoms with Gasteiger partial charge < -0.3 is 0 Å². The molecule has 0 bridgehead atoms. The first-order valence-electron chi connectivity index (χ1n) is 3.22. The molecule has 1 atom stereocenters. The maximum atomic E-state index is 12.1. The van der Waals surface area contributed by atoms with Gasteiger partial charge >= 0.3 is 6.18 Å². The number of hydrazine groups is 1. The number of hydrogen-bond acceptors (Lipinski definition) is 2. The van der Waals surface area contributed by atoms with Crippen LogP contribution in [0, 0.1) is 5.41 Å². The summed E-state index contributed by atoms with van der Waals surface area (Å²) in [5.41, 5.74) is 0.847. The van der Waals surface area contributed by atoms with Crippen molar-refractivity contribution in [2.24, 2.45) is 11.3 Å². The second kappa shape index (κ2) is 4.30. The third-order valence-corrected chi connectivity index (χ3v) is 1.36. The Morgan fingerprint density at radius 1 is 1.17 bits per heavy atom. The van der Waals surface area contributed by atoms with E-state index in [-0.39, 0.29) is 12.4 Å². The largest absolute Gasteiger partial charge is 0.405 e. The highest BCUT2D eigenvalue weighted by molar-refractivity contribution is 5.85. The van der Waals surface area contributed by atoms with Gasteiger partial charge in [-0.2, -0.15) is 13.2 Å². The number of nitrogens with two attached hydrogens (primary N) is 1. The van der Waals surface area contributed by atoms with Gasteiger partial charge in [-0.3, -0.25) is 5.84 Å².